The summed E-state index contributed by atoms with van der Waals surface area (Å²) in [6, 6.07) is 6.32. The van der Waals surface area contributed by atoms with Gasteiger partial charge >= 0.3 is 0 Å². The molecular weight excluding hydrogens is 254 g/mol. The van der Waals surface area contributed by atoms with Crippen LogP contribution < -0.4 is 5.32 Å². The number of tetrazole rings is 1. The number of aromatic nitrogens is 4. The third kappa shape index (κ3) is 3.20. The normalized spacial score (nSPS) is 12.6. The third-order valence-corrected chi connectivity index (χ3v) is 3.23. The van der Waals surface area contributed by atoms with Crippen molar-refractivity contribution in [1.82, 2.24) is 25.5 Å². The van der Waals surface area contributed by atoms with Gasteiger partial charge in [0.1, 0.15) is 0 Å². The molecule has 0 aliphatic carbocycles. The molecule has 2 aromatic rings. The number of aryl methyl sites for hydroxylation is 2. The minimum absolute atomic E-state index is 0.0556. The van der Waals surface area contributed by atoms with Crippen LogP contribution in [0.1, 0.15) is 29.9 Å². The average Bonchev–Trinajstić information content (AvgIpc) is 2.91. The van der Waals surface area contributed by atoms with E-state index < -0.39 is 0 Å². The van der Waals surface area contributed by atoms with Gasteiger partial charge in [0.15, 0.2) is 5.82 Å². The number of nitrogens with zero attached hydrogens (tertiary/aromatic N) is 4. The molecule has 108 valence electrons. The first kappa shape index (κ1) is 14.6. The van der Waals surface area contributed by atoms with Gasteiger partial charge in [0.2, 0.25) is 0 Å². The summed E-state index contributed by atoms with van der Waals surface area (Å²) < 4.78 is 6.84. The van der Waals surface area contributed by atoms with Gasteiger partial charge < -0.3 is 10.1 Å². The van der Waals surface area contributed by atoms with Crippen LogP contribution in [0.15, 0.2) is 18.2 Å². The van der Waals surface area contributed by atoms with Gasteiger partial charge in [0, 0.05) is 13.7 Å². The molecule has 6 heteroatoms. The highest BCUT2D eigenvalue weighted by Gasteiger charge is 2.16. The Kier molecular flexibility index (Phi) is 4.81. The summed E-state index contributed by atoms with van der Waals surface area (Å²) in [7, 11) is 1.69. The molecule has 0 radical (unpaired) electrons. The minimum Gasteiger partial charge on any atom is -0.383 e. The third-order valence-electron chi connectivity index (χ3n) is 3.23. The first-order valence-corrected chi connectivity index (χ1v) is 6.71. The van der Waals surface area contributed by atoms with Crippen molar-refractivity contribution in [2.45, 2.75) is 26.8 Å². The van der Waals surface area contributed by atoms with E-state index in [-0.39, 0.29) is 6.04 Å². The van der Waals surface area contributed by atoms with E-state index in [9.17, 15) is 0 Å². The van der Waals surface area contributed by atoms with Crippen molar-refractivity contribution in [2.24, 2.45) is 0 Å². The molecule has 1 aromatic heterocycles. The van der Waals surface area contributed by atoms with Crippen molar-refractivity contribution < 1.29 is 4.74 Å². The summed E-state index contributed by atoms with van der Waals surface area (Å²) >= 11 is 0. The summed E-state index contributed by atoms with van der Waals surface area (Å²) in [6.07, 6.45) is 0. The lowest BCUT2D eigenvalue weighted by atomic mass is 10.1. The summed E-state index contributed by atoms with van der Waals surface area (Å²) in [5.74, 6) is 0.801. The number of nitrogens with one attached hydrogen (secondary N) is 1. The van der Waals surface area contributed by atoms with E-state index in [1.165, 1.54) is 5.56 Å². The van der Waals surface area contributed by atoms with Gasteiger partial charge in [-0.2, -0.15) is 4.68 Å². The first-order chi connectivity index (χ1) is 9.63. The highest BCUT2D eigenvalue weighted by molar-refractivity contribution is 5.42. The summed E-state index contributed by atoms with van der Waals surface area (Å²) in [5.41, 5.74) is 3.35. The topological polar surface area (TPSA) is 64.9 Å². The Morgan fingerprint density at radius 3 is 2.90 bits per heavy atom. The van der Waals surface area contributed by atoms with Gasteiger partial charge in [0.05, 0.1) is 18.3 Å². The second kappa shape index (κ2) is 6.58. The van der Waals surface area contributed by atoms with Gasteiger partial charge in [0.25, 0.3) is 0 Å². The van der Waals surface area contributed by atoms with Crippen molar-refractivity contribution in [2.75, 3.05) is 20.3 Å². The number of benzene rings is 1. The van der Waals surface area contributed by atoms with Crippen LogP contribution in [0, 0.1) is 13.8 Å². The van der Waals surface area contributed by atoms with E-state index in [4.69, 9.17) is 4.74 Å². The second-order valence-electron chi connectivity index (χ2n) is 4.91. The fourth-order valence-corrected chi connectivity index (χ4v) is 2.05. The molecule has 0 fully saturated rings. The quantitative estimate of drug-likeness (QED) is 0.811. The van der Waals surface area contributed by atoms with Crippen molar-refractivity contribution in [3.05, 3.63) is 35.2 Å². The lowest BCUT2D eigenvalue weighted by Gasteiger charge is -2.14. The summed E-state index contributed by atoms with van der Waals surface area (Å²) in [6.45, 7) is 7.59. The molecule has 0 aliphatic rings. The molecule has 20 heavy (non-hydrogen) atoms. The predicted molar refractivity (Wildman–Crippen MR) is 76.9 cm³/mol. The van der Waals surface area contributed by atoms with Crippen LogP contribution in [0.25, 0.3) is 5.69 Å². The lowest BCUT2D eigenvalue weighted by molar-refractivity contribution is 0.196. The Hall–Kier alpha value is -1.79. The molecular formula is C14H21N5O. The zero-order valence-electron chi connectivity index (χ0n) is 12.4. The molecule has 1 heterocycles. The Bertz CT molecular complexity index is 566. The van der Waals surface area contributed by atoms with Gasteiger partial charge in [-0.25, -0.2) is 0 Å². The summed E-state index contributed by atoms with van der Waals surface area (Å²) in [4.78, 5) is 0. The molecule has 1 aromatic carbocycles. The molecule has 1 N–H and O–H groups in total. The van der Waals surface area contributed by atoms with E-state index in [1.54, 1.807) is 11.8 Å². The molecule has 6 nitrogen and oxygen atoms in total. The van der Waals surface area contributed by atoms with Crippen LogP contribution in [0.4, 0.5) is 0 Å². The molecule has 0 saturated carbocycles. The highest BCUT2D eigenvalue weighted by atomic mass is 16.5. The number of ether oxygens (including phenoxy) is 1. The smallest absolute Gasteiger partial charge is 0.173 e. The van der Waals surface area contributed by atoms with Gasteiger partial charge in [-0.15, -0.1) is 5.10 Å². The predicted octanol–water partition coefficient (Wildman–Crippen LogP) is 1.58. The second-order valence-corrected chi connectivity index (χ2v) is 4.91. The standard InChI is InChI=1S/C14H21N5O/c1-10-5-6-11(2)13(9-10)19-14(16-17-18-19)12(3)15-7-8-20-4/h5-6,9,12,15H,7-8H2,1-4H3. The van der Waals surface area contributed by atoms with E-state index in [1.807, 2.05) is 6.92 Å². The average molecular weight is 275 g/mol. The van der Waals surface area contributed by atoms with Gasteiger partial charge in [-0.05, 0) is 48.4 Å². The number of rotatable bonds is 6. The van der Waals surface area contributed by atoms with Gasteiger partial charge in [-0.3, -0.25) is 0 Å². The zero-order valence-corrected chi connectivity index (χ0v) is 12.4. The summed E-state index contributed by atoms with van der Waals surface area (Å²) in [5, 5.41) is 15.4. The maximum Gasteiger partial charge on any atom is 0.173 e. The van der Waals surface area contributed by atoms with Crippen molar-refractivity contribution >= 4 is 0 Å². The number of hydrogen-bond acceptors (Lipinski definition) is 5. The van der Waals surface area contributed by atoms with E-state index in [0.29, 0.717) is 6.61 Å². The van der Waals surface area contributed by atoms with E-state index >= 15 is 0 Å². The zero-order chi connectivity index (χ0) is 14.5. The van der Waals surface area contributed by atoms with Crippen LogP contribution in [0.3, 0.4) is 0 Å². The Balaban J connectivity index is 2.26. The van der Waals surface area contributed by atoms with Crippen LogP contribution in [0.2, 0.25) is 0 Å². The number of hydrogen-bond donors (Lipinski definition) is 1. The molecule has 0 bridgehead atoms. The van der Waals surface area contributed by atoms with Crippen molar-refractivity contribution in [3.8, 4) is 5.69 Å². The lowest BCUT2D eigenvalue weighted by Crippen LogP contribution is -2.25. The van der Waals surface area contributed by atoms with Crippen molar-refractivity contribution in [1.29, 1.82) is 0 Å². The molecule has 1 unspecified atom stereocenters. The SMILES string of the molecule is COCCNC(C)c1nnnn1-c1cc(C)ccc1C. The van der Waals surface area contributed by atoms with Crippen LogP contribution in [-0.4, -0.2) is 40.5 Å². The molecule has 0 amide bonds. The Morgan fingerprint density at radius 2 is 2.15 bits per heavy atom. The minimum atomic E-state index is 0.0556. The molecule has 0 spiro atoms. The fraction of sp³-hybridized carbons (Fsp3) is 0.500. The van der Waals surface area contributed by atoms with E-state index in [2.05, 4.69) is 52.9 Å². The first-order valence-electron chi connectivity index (χ1n) is 6.71. The molecule has 2 rings (SSSR count). The maximum absolute atomic E-state index is 5.04. The monoisotopic (exact) mass is 275 g/mol. The molecule has 0 saturated heterocycles. The van der Waals surface area contributed by atoms with Crippen LogP contribution in [0.5, 0.6) is 0 Å². The van der Waals surface area contributed by atoms with Crippen LogP contribution in [-0.2, 0) is 4.74 Å². The Morgan fingerprint density at radius 1 is 1.35 bits per heavy atom. The highest BCUT2D eigenvalue weighted by Crippen LogP contribution is 2.18. The maximum atomic E-state index is 5.04. The fourth-order valence-electron chi connectivity index (χ4n) is 2.05. The number of methoxy groups -OCH3 is 1. The largest absolute Gasteiger partial charge is 0.383 e. The van der Waals surface area contributed by atoms with Crippen molar-refractivity contribution in [3.63, 3.8) is 0 Å². The van der Waals surface area contributed by atoms with Crippen LogP contribution >= 0.6 is 0 Å². The molecule has 1 atom stereocenters. The molecule has 0 aliphatic heterocycles. The van der Waals surface area contributed by atoms with Gasteiger partial charge in [-0.1, -0.05) is 12.1 Å². The van der Waals surface area contributed by atoms with E-state index in [0.717, 1.165) is 23.6 Å². The Labute approximate surface area is 119 Å².